The van der Waals surface area contributed by atoms with Crippen molar-refractivity contribution < 1.29 is 17.9 Å². The maximum Gasteiger partial charge on any atom is 0.283 e. The highest BCUT2D eigenvalue weighted by atomic mass is 79.9. The number of nitrogens with zero attached hydrogens (tertiary/aromatic N) is 1. The zero-order valence-electron chi connectivity index (χ0n) is 10.0. The molecule has 104 valence electrons. The third kappa shape index (κ3) is 2.56. The van der Waals surface area contributed by atoms with Gasteiger partial charge in [-0.2, -0.15) is 0 Å². The van der Waals surface area contributed by atoms with Crippen LogP contribution in [0.4, 0.5) is 13.2 Å². The number of halogens is 4. The Bertz CT molecular complexity index is 524. The minimum atomic E-state index is -2.89. The van der Waals surface area contributed by atoms with E-state index in [2.05, 4.69) is 20.9 Å². The van der Waals surface area contributed by atoms with E-state index in [1.165, 1.54) is 12.1 Å². The van der Waals surface area contributed by atoms with Gasteiger partial charge in [-0.3, -0.25) is 0 Å². The van der Waals surface area contributed by atoms with Crippen LogP contribution < -0.4 is 5.73 Å². The summed E-state index contributed by atoms with van der Waals surface area (Å²) in [6.45, 7) is 1.59. The van der Waals surface area contributed by atoms with E-state index in [1.54, 1.807) is 6.92 Å². The number of hydrogen-bond acceptors (Lipinski definition) is 3. The second-order valence-corrected chi connectivity index (χ2v) is 5.35. The molecule has 0 aromatic heterocycles. The van der Waals surface area contributed by atoms with E-state index in [4.69, 9.17) is 10.5 Å². The third-order valence-electron chi connectivity index (χ3n) is 2.99. The van der Waals surface area contributed by atoms with E-state index < -0.39 is 23.9 Å². The smallest absolute Gasteiger partial charge is 0.283 e. The van der Waals surface area contributed by atoms with Gasteiger partial charge in [0.25, 0.3) is 12.4 Å². The maximum absolute atomic E-state index is 13.9. The summed E-state index contributed by atoms with van der Waals surface area (Å²) >= 11 is 3.14. The fourth-order valence-electron chi connectivity index (χ4n) is 2.21. The molecule has 1 aliphatic rings. The highest BCUT2D eigenvalue weighted by Crippen LogP contribution is 2.42. The Morgan fingerprint density at radius 1 is 1.53 bits per heavy atom. The first-order valence-electron chi connectivity index (χ1n) is 5.61. The van der Waals surface area contributed by atoms with Crippen LogP contribution in [0.2, 0.25) is 0 Å². The van der Waals surface area contributed by atoms with Crippen LogP contribution in [0, 0.1) is 5.82 Å². The molecular formula is C12H12BrF3N2O. The van der Waals surface area contributed by atoms with Crippen LogP contribution in [0.1, 0.15) is 18.9 Å². The number of aliphatic imine (C=N–C) groups is 1. The maximum atomic E-state index is 13.9. The summed E-state index contributed by atoms with van der Waals surface area (Å²) in [6.07, 6.45) is -3.59. The Kier molecular flexibility index (Phi) is 3.75. The summed E-state index contributed by atoms with van der Waals surface area (Å²) in [7, 11) is 0. The van der Waals surface area contributed by atoms with Gasteiger partial charge in [0.05, 0.1) is 0 Å². The van der Waals surface area contributed by atoms with Crippen LogP contribution in [-0.4, -0.2) is 18.6 Å². The van der Waals surface area contributed by atoms with Crippen LogP contribution in [-0.2, 0) is 10.3 Å². The van der Waals surface area contributed by atoms with Crippen molar-refractivity contribution in [3.63, 3.8) is 0 Å². The molecule has 2 atom stereocenters. The number of rotatable bonds is 2. The number of alkyl halides is 2. The first kappa shape index (κ1) is 14.2. The number of benzene rings is 1. The van der Waals surface area contributed by atoms with Crippen molar-refractivity contribution in [3.05, 3.63) is 34.1 Å². The Morgan fingerprint density at radius 3 is 2.79 bits per heavy atom. The zero-order valence-corrected chi connectivity index (χ0v) is 11.6. The Balaban J connectivity index is 2.63. The van der Waals surface area contributed by atoms with Crippen molar-refractivity contribution in [1.82, 2.24) is 0 Å². The molecule has 1 heterocycles. The monoisotopic (exact) mass is 336 g/mol. The molecule has 0 spiro atoms. The van der Waals surface area contributed by atoms with Crippen LogP contribution in [0.5, 0.6) is 0 Å². The van der Waals surface area contributed by atoms with E-state index in [0.717, 1.165) is 6.07 Å². The number of ether oxygens (including phenoxy) is 1. The van der Waals surface area contributed by atoms with E-state index >= 15 is 0 Å². The SMILES string of the molecule is C[C@@H]1CC(c2cc(Br)ccc2F)(C(F)F)N=C(N)O1. The summed E-state index contributed by atoms with van der Waals surface area (Å²) in [5.74, 6) is -0.742. The van der Waals surface area contributed by atoms with Gasteiger partial charge < -0.3 is 10.5 Å². The number of amidine groups is 1. The molecule has 0 aliphatic carbocycles. The van der Waals surface area contributed by atoms with Crippen molar-refractivity contribution >= 4 is 22.0 Å². The molecular weight excluding hydrogens is 325 g/mol. The number of nitrogens with two attached hydrogens (primary N) is 1. The van der Waals surface area contributed by atoms with Gasteiger partial charge in [-0.1, -0.05) is 15.9 Å². The van der Waals surface area contributed by atoms with Crippen molar-refractivity contribution in [2.75, 3.05) is 0 Å². The van der Waals surface area contributed by atoms with Crippen molar-refractivity contribution in [3.8, 4) is 0 Å². The molecule has 2 N–H and O–H groups in total. The molecule has 7 heteroatoms. The van der Waals surface area contributed by atoms with Gasteiger partial charge >= 0.3 is 0 Å². The molecule has 1 unspecified atom stereocenters. The molecule has 2 rings (SSSR count). The molecule has 0 saturated carbocycles. The van der Waals surface area contributed by atoms with E-state index in [1.807, 2.05) is 0 Å². The van der Waals surface area contributed by atoms with Crippen LogP contribution in [0.3, 0.4) is 0 Å². The first-order valence-corrected chi connectivity index (χ1v) is 6.40. The molecule has 1 aromatic rings. The predicted octanol–water partition coefficient (Wildman–Crippen LogP) is 3.17. The van der Waals surface area contributed by atoms with Crippen molar-refractivity contribution in [2.45, 2.75) is 31.4 Å². The van der Waals surface area contributed by atoms with E-state index in [-0.39, 0.29) is 18.0 Å². The van der Waals surface area contributed by atoms with Gasteiger partial charge in [0.1, 0.15) is 11.9 Å². The fourth-order valence-corrected chi connectivity index (χ4v) is 2.57. The topological polar surface area (TPSA) is 47.6 Å². The lowest BCUT2D eigenvalue weighted by Gasteiger charge is -2.36. The van der Waals surface area contributed by atoms with Gasteiger partial charge in [0.15, 0.2) is 5.54 Å². The largest absolute Gasteiger partial charge is 0.462 e. The molecule has 0 amide bonds. The fraction of sp³-hybridized carbons (Fsp3) is 0.417. The second kappa shape index (κ2) is 5.03. The van der Waals surface area contributed by atoms with E-state index in [0.29, 0.717) is 4.47 Å². The third-order valence-corrected chi connectivity index (χ3v) is 3.48. The Hall–Kier alpha value is -1.24. The highest BCUT2D eigenvalue weighted by molar-refractivity contribution is 9.10. The van der Waals surface area contributed by atoms with Gasteiger partial charge in [-0.15, -0.1) is 0 Å². The Labute approximate surface area is 116 Å². The molecule has 0 radical (unpaired) electrons. The normalized spacial score (nSPS) is 27.1. The zero-order chi connectivity index (χ0) is 14.2. The molecule has 0 saturated heterocycles. The van der Waals surface area contributed by atoms with Crippen LogP contribution in [0.15, 0.2) is 27.7 Å². The van der Waals surface area contributed by atoms with Crippen LogP contribution >= 0.6 is 15.9 Å². The summed E-state index contributed by atoms with van der Waals surface area (Å²) in [6, 6.07) is 3.51. The lowest BCUT2D eigenvalue weighted by atomic mass is 9.84. The summed E-state index contributed by atoms with van der Waals surface area (Å²) < 4.78 is 46.5. The van der Waals surface area contributed by atoms with Gasteiger partial charge in [0, 0.05) is 16.5 Å². The lowest BCUT2D eigenvalue weighted by molar-refractivity contribution is 0.00521. The quantitative estimate of drug-likeness (QED) is 0.901. The minimum absolute atomic E-state index is 0.140. The van der Waals surface area contributed by atoms with Gasteiger partial charge in [0.2, 0.25) is 0 Å². The standard InChI is InChI=1S/C12H12BrF3N2O/c1-6-5-12(10(15)16,18-11(17)19-6)8-4-7(13)2-3-9(8)14/h2-4,6,10H,5H2,1H3,(H2,17,18)/t6-,12?/m1/s1. The van der Waals surface area contributed by atoms with Gasteiger partial charge in [-0.05, 0) is 25.1 Å². The van der Waals surface area contributed by atoms with Crippen LogP contribution in [0.25, 0.3) is 0 Å². The average Bonchev–Trinajstić information content (AvgIpc) is 2.30. The molecule has 1 aliphatic heterocycles. The summed E-state index contributed by atoms with van der Waals surface area (Å²) in [4.78, 5) is 3.70. The Morgan fingerprint density at radius 2 is 2.21 bits per heavy atom. The molecule has 19 heavy (non-hydrogen) atoms. The summed E-state index contributed by atoms with van der Waals surface area (Å²) in [5, 5.41) is 0. The highest BCUT2D eigenvalue weighted by Gasteiger charge is 2.48. The molecule has 3 nitrogen and oxygen atoms in total. The number of hydrogen-bond donors (Lipinski definition) is 1. The van der Waals surface area contributed by atoms with Crippen molar-refractivity contribution in [2.24, 2.45) is 10.7 Å². The summed E-state index contributed by atoms with van der Waals surface area (Å²) in [5.41, 5.74) is 3.23. The average molecular weight is 337 g/mol. The van der Waals surface area contributed by atoms with E-state index in [9.17, 15) is 13.2 Å². The minimum Gasteiger partial charge on any atom is -0.462 e. The lowest BCUT2D eigenvalue weighted by Crippen LogP contribution is -2.44. The molecule has 0 fully saturated rings. The molecule has 1 aromatic carbocycles. The van der Waals surface area contributed by atoms with Gasteiger partial charge in [-0.25, -0.2) is 18.2 Å². The molecule has 0 bridgehead atoms. The second-order valence-electron chi connectivity index (χ2n) is 4.43. The first-order chi connectivity index (χ1) is 8.85. The van der Waals surface area contributed by atoms with Crippen molar-refractivity contribution in [1.29, 1.82) is 0 Å². The predicted molar refractivity (Wildman–Crippen MR) is 68.6 cm³/mol.